The van der Waals surface area contributed by atoms with Crippen LogP contribution in [-0.2, 0) is 0 Å². The minimum Gasteiger partial charge on any atom is -0.360 e. The van der Waals surface area contributed by atoms with E-state index in [1.54, 1.807) is 6.07 Å². The highest BCUT2D eigenvalue weighted by molar-refractivity contribution is 5.21. The monoisotopic (exact) mass is 176 g/mol. The van der Waals surface area contributed by atoms with Crippen LogP contribution in [0.4, 0.5) is 0 Å². The van der Waals surface area contributed by atoms with Gasteiger partial charge in [-0.05, 0) is 12.8 Å². The van der Waals surface area contributed by atoms with Crippen molar-refractivity contribution in [3.05, 3.63) is 17.5 Å². The maximum absolute atomic E-state index is 8.58. The Balaban J connectivity index is 2.11. The Labute approximate surface area is 77.3 Å². The lowest BCUT2D eigenvalue weighted by Crippen LogP contribution is -2.02. The van der Waals surface area contributed by atoms with Crippen LogP contribution in [0.15, 0.2) is 10.6 Å². The van der Waals surface area contributed by atoms with Gasteiger partial charge >= 0.3 is 0 Å². The van der Waals surface area contributed by atoms with Crippen LogP contribution in [-0.4, -0.2) is 5.16 Å². The molecule has 0 unspecified atom stereocenters. The molecule has 1 aromatic heterocycles. The molecule has 0 N–H and O–H groups in total. The highest BCUT2D eigenvalue weighted by Crippen LogP contribution is 2.32. The molecule has 1 heterocycles. The Kier molecular flexibility index (Phi) is 2.31. The Bertz CT molecular complexity index is 318. The van der Waals surface area contributed by atoms with E-state index in [0.29, 0.717) is 11.6 Å². The quantitative estimate of drug-likeness (QED) is 0.660. The maximum atomic E-state index is 8.58. The minimum atomic E-state index is 0.403. The maximum Gasteiger partial charge on any atom is 0.183 e. The van der Waals surface area contributed by atoms with E-state index >= 15 is 0 Å². The normalized spacial score (nSPS) is 18.4. The van der Waals surface area contributed by atoms with Crippen LogP contribution in [0.3, 0.4) is 0 Å². The second-order valence-electron chi connectivity index (χ2n) is 3.56. The zero-order valence-electron chi connectivity index (χ0n) is 7.49. The number of aromatic nitrogens is 1. The standard InChI is InChI=1S/C10H12N2O/c11-7-9-6-10(13-12-9)8-4-2-1-3-5-8/h6,8H,1-5H2. The molecule has 1 fully saturated rings. The molecule has 3 nitrogen and oxygen atoms in total. The van der Waals surface area contributed by atoms with Crippen molar-refractivity contribution in [2.24, 2.45) is 0 Å². The van der Waals surface area contributed by atoms with E-state index in [1.807, 2.05) is 6.07 Å². The van der Waals surface area contributed by atoms with Crippen LogP contribution in [0.2, 0.25) is 0 Å². The van der Waals surface area contributed by atoms with Crippen LogP contribution in [0, 0.1) is 11.3 Å². The fraction of sp³-hybridized carbons (Fsp3) is 0.600. The molecule has 13 heavy (non-hydrogen) atoms. The Morgan fingerprint density at radius 2 is 2.15 bits per heavy atom. The van der Waals surface area contributed by atoms with Crippen molar-refractivity contribution < 1.29 is 4.52 Å². The smallest absolute Gasteiger partial charge is 0.183 e. The first-order valence-corrected chi connectivity index (χ1v) is 4.77. The molecule has 0 radical (unpaired) electrons. The van der Waals surface area contributed by atoms with Crippen LogP contribution in [0.25, 0.3) is 0 Å². The van der Waals surface area contributed by atoms with Gasteiger partial charge in [-0.15, -0.1) is 0 Å². The van der Waals surface area contributed by atoms with Gasteiger partial charge in [-0.1, -0.05) is 24.4 Å². The lowest BCUT2D eigenvalue weighted by atomic mass is 9.87. The number of rotatable bonds is 1. The van der Waals surface area contributed by atoms with E-state index in [0.717, 1.165) is 5.76 Å². The molecular formula is C10H12N2O. The molecule has 0 amide bonds. The van der Waals surface area contributed by atoms with Crippen LogP contribution < -0.4 is 0 Å². The van der Waals surface area contributed by atoms with E-state index in [1.165, 1.54) is 32.1 Å². The summed E-state index contributed by atoms with van der Waals surface area (Å²) in [4.78, 5) is 0. The predicted octanol–water partition coefficient (Wildman–Crippen LogP) is 2.59. The van der Waals surface area contributed by atoms with Gasteiger partial charge in [0.05, 0.1) is 0 Å². The second-order valence-corrected chi connectivity index (χ2v) is 3.56. The summed E-state index contributed by atoms with van der Waals surface area (Å²) in [5, 5.41) is 12.3. The lowest BCUT2D eigenvalue weighted by Gasteiger charge is -2.18. The molecule has 0 bridgehead atoms. The van der Waals surface area contributed by atoms with Gasteiger partial charge in [-0.3, -0.25) is 0 Å². The van der Waals surface area contributed by atoms with Gasteiger partial charge in [0.25, 0.3) is 0 Å². The summed E-state index contributed by atoms with van der Waals surface area (Å²) >= 11 is 0. The number of hydrogen-bond donors (Lipinski definition) is 0. The molecule has 1 aliphatic carbocycles. The van der Waals surface area contributed by atoms with Crippen LogP contribution in [0.1, 0.15) is 49.5 Å². The fourth-order valence-corrected chi connectivity index (χ4v) is 1.92. The molecule has 0 saturated heterocycles. The van der Waals surface area contributed by atoms with E-state index in [2.05, 4.69) is 5.16 Å². The third-order valence-corrected chi connectivity index (χ3v) is 2.65. The zero-order valence-corrected chi connectivity index (χ0v) is 7.49. The molecule has 0 aromatic carbocycles. The van der Waals surface area contributed by atoms with Crippen molar-refractivity contribution in [1.82, 2.24) is 5.16 Å². The van der Waals surface area contributed by atoms with Crippen molar-refractivity contribution in [1.29, 1.82) is 5.26 Å². The largest absolute Gasteiger partial charge is 0.360 e. The van der Waals surface area contributed by atoms with Crippen LogP contribution in [0.5, 0.6) is 0 Å². The molecule has 0 aliphatic heterocycles. The van der Waals surface area contributed by atoms with Gasteiger partial charge in [0.1, 0.15) is 11.8 Å². The summed E-state index contributed by atoms with van der Waals surface area (Å²) < 4.78 is 5.12. The van der Waals surface area contributed by atoms with Crippen molar-refractivity contribution in [3.63, 3.8) is 0 Å². The third kappa shape index (κ3) is 1.72. The van der Waals surface area contributed by atoms with E-state index in [-0.39, 0.29) is 0 Å². The molecule has 0 atom stereocenters. The molecule has 0 spiro atoms. The van der Waals surface area contributed by atoms with Crippen molar-refractivity contribution in [3.8, 4) is 6.07 Å². The highest BCUT2D eigenvalue weighted by atomic mass is 16.5. The molecule has 1 aromatic rings. The van der Waals surface area contributed by atoms with Gasteiger partial charge in [0.2, 0.25) is 0 Å². The predicted molar refractivity (Wildman–Crippen MR) is 47.0 cm³/mol. The molecule has 68 valence electrons. The van der Waals surface area contributed by atoms with Crippen molar-refractivity contribution in [2.75, 3.05) is 0 Å². The van der Waals surface area contributed by atoms with E-state index in [4.69, 9.17) is 9.78 Å². The third-order valence-electron chi connectivity index (χ3n) is 2.65. The Morgan fingerprint density at radius 1 is 1.38 bits per heavy atom. The van der Waals surface area contributed by atoms with E-state index < -0.39 is 0 Å². The minimum absolute atomic E-state index is 0.403. The van der Waals surface area contributed by atoms with Gasteiger partial charge in [-0.2, -0.15) is 5.26 Å². The summed E-state index contributed by atoms with van der Waals surface area (Å²) in [6, 6.07) is 3.76. The van der Waals surface area contributed by atoms with Gasteiger partial charge in [0.15, 0.2) is 5.69 Å². The highest BCUT2D eigenvalue weighted by Gasteiger charge is 2.19. The molecule has 2 rings (SSSR count). The number of hydrogen-bond acceptors (Lipinski definition) is 3. The van der Waals surface area contributed by atoms with Crippen LogP contribution >= 0.6 is 0 Å². The first-order chi connectivity index (χ1) is 6.40. The number of nitriles is 1. The lowest BCUT2D eigenvalue weighted by molar-refractivity contribution is 0.320. The summed E-state index contributed by atoms with van der Waals surface area (Å²) in [5.74, 6) is 1.40. The summed E-state index contributed by atoms with van der Waals surface area (Å²) in [6.07, 6.45) is 6.23. The average Bonchev–Trinajstić information content (AvgIpc) is 2.67. The first-order valence-electron chi connectivity index (χ1n) is 4.77. The zero-order chi connectivity index (χ0) is 9.10. The molecular weight excluding hydrogens is 164 g/mol. The summed E-state index contributed by atoms with van der Waals surface area (Å²) in [6.45, 7) is 0. The summed E-state index contributed by atoms with van der Waals surface area (Å²) in [7, 11) is 0. The molecule has 3 heteroatoms. The Morgan fingerprint density at radius 3 is 2.77 bits per heavy atom. The molecule has 1 saturated carbocycles. The van der Waals surface area contributed by atoms with Crippen molar-refractivity contribution >= 4 is 0 Å². The SMILES string of the molecule is N#Cc1cc(C2CCCCC2)on1. The Hall–Kier alpha value is -1.30. The summed E-state index contributed by atoms with van der Waals surface area (Å²) in [5.41, 5.74) is 0.403. The number of nitrogens with zero attached hydrogens (tertiary/aromatic N) is 2. The second kappa shape index (κ2) is 3.61. The topological polar surface area (TPSA) is 49.8 Å². The molecule has 1 aliphatic rings. The fourth-order valence-electron chi connectivity index (χ4n) is 1.92. The average molecular weight is 176 g/mol. The van der Waals surface area contributed by atoms with Gasteiger partial charge in [0, 0.05) is 12.0 Å². The van der Waals surface area contributed by atoms with Crippen molar-refractivity contribution in [2.45, 2.75) is 38.0 Å². The first kappa shape index (κ1) is 8.31. The van der Waals surface area contributed by atoms with Gasteiger partial charge in [-0.25, -0.2) is 0 Å². The van der Waals surface area contributed by atoms with E-state index in [9.17, 15) is 0 Å². The van der Waals surface area contributed by atoms with Gasteiger partial charge < -0.3 is 4.52 Å².